The molecule has 3 amide bonds. The zero-order chi connectivity index (χ0) is 26.8. The van der Waals surface area contributed by atoms with Gasteiger partial charge in [0.25, 0.3) is 0 Å². The summed E-state index contributed by atoms with van der Waals surface area (Å²) >= 11 is 7.65. The summed E-state index contributed by atoms with van der Waals surface area (Å²) in [5.74, 6) is 0.614. The summed E-state index contributed by atoms with van der Waals surface area (Å²) in [5.41, 5.74) is 4.28. The monoisotopic (exact) mass is 548 g/mol. The van der Waals surface area contributed by atoms with Crippen molar-refractivity contribution in [3.8, 4) is 11.8 Å². The Morgan fingerprint density at radius 1 is 1.26 bits per heavy atom. The molecule has 2 aliphatic heterocycles. The number of nitrogens with zero attached hydrogens (tertiary/aromatic N) is 5. The molecule has 0 aliphatic carbocycles. The third kappa shape index (κ3) is 5.08. The lowest BCUT2D eigenvalue weighted by Crippen LogP contribution is -2.55. The number of carbonyl (C=O) groups excluding carboxylic acids is 2. The molecule has 3 heterocycles. The molecule has 1 saturated heterocycles. The van der Waals surface area contributed by atoms with Crippen LogP contribution in [0.2, 0.25) is 5.02 Å². The van der Waals surface area contributed by atoms with E-state index in [4.69, 9.17) is 21.3 Å². The van der Waals surface area contributed by atoms with Crippen molar-refractivity contribution in [1.82, 2.24) is 20.1 Å². The Labute approximate surface area is 229 Å². The van der Waals surface area contributed by atoms with E-state index in [0.717, 1.165) is 11.3 Å². The fraction of sp³-hybridized carbons (Fsp3) is 0.296. The molecule has 3 aromatic rings. The van der Waals surface area contributed by atoms with Crippen molar-refractivity contribution in [2.45, 2.75) is 32.0 Å². The molecule has 2 aliphatic rings. The van der Waals surface area contributed by atoms with Gasteiger partial charge in [-0.25, -0.2) is 9.78 Å². The predicted molar refractivity (Wildman–Crippen MR) is 144 cm³/mol. The Morgan fingerprint density at radius 3 is 2.71 bits per heavy atom. The molecule has 1 N–H and O–H groups in total. The van der Waals surface area contributed by atoms with Crippen molar-refractivity contribution in [2.75, 3.05) is 19.6 Å². The van der Waals surface area contributed by atoms with Crippen molar-refractivity contribution in [3.63, 3.8) is 0 Å². The lowest BCUT2D eigenvalue weighted by molar-refractivity contribution is -0.123. The summed E-state index contributed by atoms with van der Waals surface area (Å²) < 4.78 is 6.09. The number of amidine groups is 1. The average Bonchev–Trinajstić information content (AvgIpc) is 3.57. The largest absolute Gasteiger partial charge is 0.490 e. The molecular formula is C27H25ClN6O3S. The van der Waals surface area contributed by atoms with Crippen LogP contribution in [0.15, 0.2) is 58.3 Å². The first-order valence-electron chi connectivity index (χ1n) is 12.1. The lowest BCUT2D eigenvalue weighted by atomic mass is 9.97. The Bertz CT molecular complexity index is 1420. The fourth-order valence-electron chi connectivity index (χ4n) is 4.62. The van der Waals surface area contributed by atoms with Crippen LogP contribution in [0, 0.1) is 11.3 Å². The van der Waals surface area contributed by atoms with Crippen LogP contribution in [0.3, 0.4) is 0 Å². The van der Waals surface area contributed by atoms with Gasteiger partial charge in [0.1, 0.15) is 24.2 Å². The van der Waals surface area contributed by atoms with Gasteiger partial charge in [0.15, 0.2) is 0 Å². The first-order valence-corrected chi connectivity index (χ1v) is 13.4. The van der Waals surface area contributed by atoms with E-state index in [-0.39, 0.29) is 24.6 Å². The number of urea groups is 1. The number of halogens is 1. The topological polar surface area (TPSA) is 111 Å². The standard InChI is InChI=1S/C27H25ClN6O3S/c1-16(2)37-22-11-17(12-29)3-8-20(22)26-32-24(21-14-38-15-31-21)25(18-4-6-19(28)7-5-18)34(26)27(36)33-10-9-30-23(35)13-33/h3-8,11,14-16,24-25H,9-10,13H2,1-2H3,(H,30,35). The number of piperazine rings is 1. The Hall–Kier alpha value is -3.94. The normalized spacial score (nSPS) is 19.2. The first kappa shape index (κ1) is 25.7. The quantitative estimate of drug-likeness (QED) is 0.503. The molecule has 194 valence electrons. The van der Waals surface area contributed by atoms with Gasteiger partial charge in [-0.3, -0.25) is 14.7 Å². The van der Waals surface area contributed by atoms with Crippen LogP contribution in [-0.2, 0) is 4.79 Å². The maximum atomic E-state index is 14.2. The second-order valence-corrected chi connectivity index (χ2v) is 10.4. The molecule has 0 spiro atoms. The number of thiazole rings is 1. The molecular weight excluding hydrogens is 524 g/mol. The maximum Gasteiger partial charge on any atom is 0.326 e. The molecule has 9 nitrogen and oxygen atoms in total. The van der Waals surface area contributed by atoms with E-state index in [9.17, 15) is 14.9 Å². The van der Waals surface area contributed by atoms with Crippen molar-refractivity contribution in [3.05, 3.63) is 80.8 Å². The van der Waals surface area contributed by atoms with Gasteiger partial charge in [-0.1, -0.05) is 23.7 Å². The minimum atomic E-state index is -0.551. The van der Waals surface area contributed by atoms with E-state index < -0.39 is 12.1 Å². The third-order valence-electron chi connectivity index (χ3n) is 6.26. The molecule has 11 heteroatoms. The summed E-state index contributed by atoms with van der Waals surface area (Å²) in [7, 11) is 0. The van der Waals surface area contributed by atoms with Gasteiger partial charge in [-0.2, -0.15) is 5.26 Å². The second kappa shape index (κ2) is 10.8. The highest BCUT2D eigenvalue weighted by Crippen LogP contribution is 2.45. The number of hydrogen-bond acceptors (Lipinski definition) is 7. The van der Waals surface area contributed by atoms with E-state index >= 15 is 0 Å². The molecule has 2 aromatic carbocycles. The van der Waals surface area contributed by atoms with Gasteiger partial charge in [-0.05, 0) is 49.7 Å². The number of rotatable bonds is 5. The number of aliphatic imine (C=N–C) groups is 1. The van der Waals surface area contributed by atoms with E-state index in [0.29, 0.717) is 40.8 Å². The molecule has 0 radical (unpaired) electrons. The van der Waals surface area contributed by atoms with E-state index in [1.165, 1.54) is 16.2 Å². The molecule has 2 unspecified atom stereocenters. The number of benzene rings is 2. The van der Waals surface area contributed by atoms with Crippen LogP contribution >= 0.6 is 22.9 Å². The SMILES string of the molecule is CC(C)Oc1cc(C#N)ccc1C1=NC(c2cscn2)C(c2ccc(Cl)cc2)N1C(=O)N1CCNC(=O)C1. The molecule has 0 bridgehead atoms. The first-order chi connectivity index (χ1) is 18.4. The predicted octanol–water partition coefficient (Wildman–Crippen LogP) is 4.55. The Kier molecular flexibility index (Phi) is 7.31. The summed E-state index contributed by atoms with van der Waals surface area (Å²) in [6.45, 7) is 4.46. The number of nitrogens with one attached hydrogen (secondary N) is 1. The number of carbonyl (C=O) groups is 2. The molecule has 5 rings (SSSR count). The van der Waals surface area contributed by atoms with Crippen LogP contribution in [-0.4, -0.2) is 58.3 Å². The van der Waals surface area contributed by atoms with E-state index in [2.05, 4.69) is 16.4 Å². The maximum absolute atomic E-state index is 14.2. The number of nitriles is 1. The van der Waals surface area contributed by atoms with Crippen molar-refractivity contribution in [2.24, 2.45) is 4.99 Å². The van der Waals surface area contributed by atoms with Crippen LogP contribution in [0.25, 0.3) is 0 Å². The van der Waals surface area contributed by atoms with Gasteiger partial charge >= 0.3 is 6.03 Å². The van der Waals surface area contributed by atoms with E-state index in [1.54, 1.807) is 40.7 Å². The summed E-state index contributed by atoms with van der Waals surface area (Å²) in [6, 6.07) is 13.1. The molecule has 38 heavy (non-hydrogen) atoms. The van der Waals surface area contributed by atoms with Crippen LogP contribution < -0.4 is 10.1 Å². The van der Waals surface area contributed by atoms with Gasteiger partial charge in [-0.15, -0.1) is 11.3 Å². The van der Waals surface area contributed by atoms with Crippen LogP contribution in [0.1, 0.15) is 48.3 Å². The zero-order valence-corrected chi connectivity index (χ0v) is 22.4. The Morgan fingerprint density at radius 2 is 2.05 bits per heavy atom. The number of ether oxygens (including phenoxy) is 1. The minimum absolute atomic E-state index is 0.0555. The van der Waals surface area contributed by atoms with Gasteiger partial charge in [0, 0.05) is 23.5 Å². The minimum Gasteiger partial charge on any atom is -0.490 e. The summed E-state index contributed by atoms with van der Waals surface area (Å²) in [4.78, 5) is 39.2. The highest BCUT2D eigenvalue weighted by molar-refractivity contribution is 7.07. The van der Waals surface area contributed by atoms with Crippen molar-refractivity contribution < 1.29 is 14.3 Å². The van der Waals surface area contributed by atoms with Crippen molar-refractivity contribution in [1.29, 1.82) is 5.26 Å². The fourth-order valence-corrected chi connectivity index (χ4v) is 5.32. The number of amides is 3. The number of aromatic nitrogens is 1. The molecule has 0 saturated carbocycles. The zero-order valence-electron chi connectivity index (χ0n) is 20.8. The third-order valence-corrected chi connectivity index (χ3v) is 7.12. The van der Waals surface area contributed by atoms with E-state index in [1.807, 2.05) is 31.4 Å². The Balaban J connectivity index is 1.69. The molecule has 2 atom stereocenters. The summed E-state index contributed by atoms with van der Waals surface area (Å²) in [6.07, 6.45) is -0.180. The lowest BCUT2D eigenvalue weighted by Gasteiger charge is -2.35. The summed E-state index contributed by atoms with van der Waals surface area (Å²) in [5, 5.41) is 14.8. The van der Waals surface area contributed by atoms with Gasteiger partial charge in [0.05, 0.1) is 40.5 Å². The van der Waals surface area contributed by atoms with Gasteiger partial charge < -0.3 is 15.0 Å². The average molecular weight is 549 g/mol. The number of hydrogen-bond donors (Lipinski definition) is 1. The molecule has 1 fully saturated rings. The highest BCUT2D eigenvalue weighted by Gasteiger charge is 2.45. The second-order valence-electron chi connectivity index (χ2n) is 9.22. The smallest absolute Gasteiger partial charge is 0.326 e. The van der Waals surface area contributed by atoms with Crippen molar-refractivity contribution >= 4 is 40.7 Å². The van der Waals surface area contributed by atoms with Crippen LogP contribution in [0.4, 0.5) is 4.79 Å². The van der Waals surface area contributed by atoms with Gasteiger partial charge in [0.2, 0.25) is 5.91 Å². The molecule has 1 aromatic heterocycles. The van der Waals surface area contributed by atoms with Crippen LogP contribution in [0.5, 0.6) is 5.75 Å². The highest BCUT2D eigenvalue weighted by atomic mass is 35.5.